The van der Waals surface area contributed by atoms with Crippen molar-refractivity contribution in [2.24, 2.45) is 5.92 Å². The van der Waals surface area contributed by atoms with Gasteiger partial charge in [0.2, 0.25) is 10.0 Å². The number of sulfonamides is 1. The third-order valence-electron chi connectivity index (χ3n) is 7.15. The van der Waals surface area contributed by atoms with Gasteiger partial charge in [-0.1, -0.05) is 6.07 Å². The SMILES string of the molecule is CS(=O)(=O)N1CC[C@H](OC(=O)NC(CCO[C@H]2C[C@H](CCc3ccc4c(n3)NCCC4)C2)C(=O)O)C1. The molecule has 1 aliphatic carbocycles. The smallest absolute Gasteiger partial charge is 0.408 e. The summed E-state index contributed by atoms with van der Waals surface area (Å²) in [6, 6.07) is 3.17. The molecule has 1 aromatic heterocycles. The second kappa shape index (κ2) is 11.7. The Labute approximate surface area is 212 Å². The summed E-state index contributed by atoms with van der Waals surface area (Å²) in [6.45, 7) is 1.55. The number of aryl methyl sites for hydroxylation is 2. The minimum Gasteiger partial charge on any atom is -0.480 e. The van der Waals surface area contributed by atoms with E-state index < -0.39 is 34.2 Å². The van der Waals surface area contributed by atoms with Crippen LogP contribution in [0.15, 0.2) is 12.1 Å². The molecule has 1 saturated heterocycles. The lowest BCUT2D eigenvalue weighted by Crippen LogP contribution is -2.43. The van der Waals surface area contributed by atoms with E-state index in [9.17, 15) is 23.1 Å². The second-order valence-electron chi connectivity index (χ2n) is 9.97. The van der Waals surface area contributed by atoms with Crippen LogP contribution >= 0.6 is 0 Å². The molecular weight excluding hydrogens is 488 g/mol. The summed E-state index contributed by atoms with van der Waals surface area (Å²) in [4.78, 5) is 28.4. The van der Waals surface area contributed by atoms with E-state index in [2.05, 4.69) is 22.8 Å². The van der Waals surface area contributed by atoms with Crippen molar-refractivity contribution in [1.82, 2.24) is 14.6 Å². The molecule has 3 N–H and O–H groups in total. The zero-order chi connectivity index (χ0) is 25.7. The van der Waals surface area contributed by atoms with Gasteiger partial charge in [-0.15, -0.1) is 0 Å². The van der Waals surface area contributed by atoms with E-state index in [4.69, 9.17) is 14.5 Å². The largest absolute Gasteiger partial charge is 0.480 e. The molecule has 3 aliphatic rings. The number of carboxylic acid groups (broad SMARTS) is 1. The molecule has 2 aliphatic heterocycles. The maximum Gasteiger partial charge on any atom is 0.408 e. The molecule has 0 radical (unpaired) electrons. The van der Waals surface area contributed by atoms with Gasteiger partial charge in [0.05, 0.1) is 18.9 Å². The van der Waals surface area contributed by atoms with E-state index in [0.717, 1.165) is 62.8 Å². The van der Waals surface area contributed by atoms with Gasteiger partial charge < -0.3 is 25.2 Å². The van der Waals surface area contributed by atoms with E-state index in [1.165, 1.54) is 9.87 Å². The number of aromatic nitrogens is 1. The van der Waals surface area contributed by atoms with Crippen LogP contribution in [0.3, 0.4) is 0 Å². The van der Waals surface area contributed by atoms with Crippen LogP contribution < -0.4 is 10.6 Å². The molecule has 1 saturated carbocycles. The number of hydrogen-bond donors (Lipinski definition) is 3. The number of fused-ring (bicyclic) bond motifs is 1. The Bertz CT molecular complexity index is 1040. The number of pyridine rings is 1. The summed E-state index contributed by atoms with van der Waals surface area (Å²) in [7, 11) is -3.35. The molecule has 1 amide bonds. The Hall–Kier alpha value is -2.44. The van der Waals surface area contributed by atoms with E-state index >= 15 is 0 Å². The summed E-state index contributed by atoms with van der Waals surface area (Å²) < 4.78 is 35.4. The van der Waals surface area contributed by atoms with Gasteiger partial charge in [-0.3, -0.25) is 0 Å². The topological polar surface area (TPSA) is 147 Å². The minimum atomic E-state index is -3.35. The number of rotatable bonds is 11. The van der Waals surface area contributed by atoms with Crippen LogP contribution in [-0.4, -0.2) is 85.6 Å². The average molecular weight is 525 g/mol. The number of nitrogens with zero attached hydrogens (tertiary/aromatic N) is 2. The number of ether oxygens (including phenoxy) is 2. The average Bonchev–Trinajstić information content (AvgIpc) is 3.28. The summed E-state index contributed by atoms with van der Waals surface area (Å²) in [5, 5.41) is 15.2. The van der Waals surface area contributed by atoms with Gasteiger partial charge in [0.15, 0.2) is 0 Å². The van der Waals surface area contributed by atoms with Crippen molar-refractivity contribution in [2.45, 2.75) is 69.6 Å². The van der Waals surface area contributed by atoms with Crippen LogP contribution in [0.4, 0.5) is 10.6 Å². The normalized spacial score (nSPS) is 24.8. The monoisotopic (exact) mass is 524 g/mol. The van der Waals surface area contributed by atoms with Gasteiger partial charge in [0.1, 0.15) is 18.0 Å². The molecular formula is C24H36N4O7S. The molecule has 1 unspecified atom stereocenters. The van der Waals surface area contributed by atoms with Crippen molar-refractivity contribution >= 4 is 27.9 Å². The quantitative estimate of drug-likeness (QED) is 0.394. The number of carbonyl (C=O) groups is 2. The Kier molecular flexibility index (Phi) is 8.68. The van der Waals surface area contributed by atoms with Crippen molar-refractivity contribution in [3.63, 3.8) is 0 Å². The molecule has 11 nitrogen and oxygen atoms in total. The maximum absolute atomic E-state index is 12.1. The van der Waals surface area contributed by atoms with Gasteiger partial charge in [-0.25, -0.2) is 23.0 Å². The molecule has 0 bridgehead atoms. The van der Waals surface area contributed by atoms with Crippen LogP contribution in [-0.2, 0) is 37.1 Å². The van der Waals surface area contributed by atoms with Crippen molar-refractivity contribution in [1.29, 1.82) is 0 Å². The molecule has 0 aromatic carbocycles. The maximum atomic E-state index is 12.1. The number of amides is 1. The number of anilines is 1. The van der Waals surface area contributed by atoms with Gasteiger partial charge >= 0.3 is 12.1 Å². The fourth-order valence-electron chi connectivity index (χ4n) is 4.94. The van der Waals surface area contributed by atoms with Crippen LogP contribution in [0.2, 0.25) is 0 Å². The number of carboxylic acids is 1. The molecule has 12 heteroatoms. The van der Waals surface area contributed by atoms with Gasteiger partial charge in [0.25, 0.3) is 0 Å². The van der Waals surface area contributed by atoms with E-state index in [-0.39, 0.29) is 32.2 Å². The van der Waals surface area contributed by atoms with Crippen LogP contribution in [0.25, 0.3) is 0 Å². The third-order valence-corrected chi connectivity index (χ3v) is 8.42. The predicted octanol–water partition coefficient (Wildman–Crippen LogP) is 1.77. The van der Waals surface area contributed by atoms with Crippen molar-refractivity contribution < 1.29 is 32.6 Å². The molecule has 2 fully saturated rings. The van der Waals surface area contributed by atoms with Crippen molar-refractivity contribution in [3.8, 4) is 0 Å². The van der Waals surface area contributed by atoms with Gasteiger partial charge in [0, 0.05) is 31.8 Å². The fourth-order valence-corrected chi connectivity index (χ4v) is 5.81. The number of hydrogen-bond acceptors (Lipinski definition) is 8. The first-order valence-corrected chi connectivity index (χ1v) is 14.5. The standard InChI is InChI=1S/C24H36N4O7S/c1-36(32,33)28-11-8-19(15-28)35-24(31)27-21(23(29)30)9-12-34-20-13-16(14-20)4-6-18-7-5-17-3-2-10-25-22(17)26-18/h5,7,16,19-21H,2-4,6,8-15H2,1H3,(H,25,26)(H,27,31)(H,29,30)/t16-,19-,20-,21?/m0/s1. The van der Waals surface area contributed by atoms with E-state index in [1.807, 2.05) is 0 Å². The van der Waals surface area contributed by atoms with Crippen LogP contribution in [0.1, 0.15) is 49.8 Å². The molecule has 2 atom stereocenters. The molecule has 1 aromatic rings. The third kappa shape index (κ3) is 7.30. The summed E-state index contributed by atoms with van der Waals surface area (Å²) in [5.74, 6) is 0.429. The number of carbonyl (C=O) groups excluding carboxylic acids is 1. The lowest BCUT2D eigenvalue weighted by Gasteiger charge is -2.35. The highest BCUT2D eigenvalue weighted by Gasteiger charge is 2.33. The summed E-state index contributed by atoms with van der Waals surface area (Å²) >= 11 is 0. The molecule has 36 heavy (non-hydrogen) atoms. The predicted molar refractivity (Wildman–Crippen MR) is 132 cm³/mol. The van der Waals surface area contributed by atoms with E-state index in [0.29, 0.717) is 12.3 Å². The van der Waals surface area contributed by atoms with Crippen LogP contribution in [0, 0.1) is 5.92 Å². The zero-order valence-corrected chi connectivity index (χ0v) is 21.5. The van der Waals surface area contributed by atoms with Crippen molar-refractivity contribution in [3.05, 3.63) is 23.4 Å². The highest BCUT2D eigenvalue weighted by atomic mass is 32.2. The minimum absolute atomic E-state index is 0.0787. The first kappa shape index (κ1) is 26.6. The highest BCUT2D eigenvalue weighted by Crippen LogP contribution is 2.34. The first-order valence-electron chi connectivity index (χ1n) is 12.7. The van der Waals surface area contributed by atoms with E-state index in [1.54, 1.807) is 0 Å². The Morgan fingerprint density at radius 3 is 2.83 bits per heavy atom. The Balaban J connectivity index is 1.10. The number of nitrogens with one attached hydrogen (secondary N) is 2. The van der Waals surface area contributed by atoms with Gasteiger partial charge in [-0.2, -0.15) is 4.31 Å². The highest BCUT2D eigenvalue weighted by molar-refractivity contribution is 7.88. The second-order valence-corrected chi connectivity index (χ2v) is 12.0. The lowest BCUT2D eigenvalue weighted by molar-refractivity contribution is -0.140. The Morgan fingerprint density at radius 1 is 1.31 bits per heavy atom. The van der Waals surface area contributed by atoms with Gasteiger partial charge in [-0.05, 0) is 62.5 Å². The fraction of sp³-hybridized carbons (Fsp3) is 0.708. The Morgan fingerprint density at radius 2 is 2.11 bits per heavy atom. The van der Waals surface area contributed by atoms with Crippen molar-refractivity contribution in [2.75, 3.05) is 37.8 Å². The molecule has 200 valence electrons. The zero-order valence-electron chi connectivity index (χ0n) is 20.6. The summed E-state index contributed by atoms with van der Waals surface area (Å²) in [5.41, 5.74) is 2.40. The molecule has 0 spiro atoms. The van der Waals surface area contributed by atoms with Crippen LogP contribution in [0.5, 0.6) is 0 Å². The number of aliphatic carboxylic acids is 1. The molecule has 3 heterocycles. The molecule has 4 rings (SSSR count). The first-order chi connectivity index (χ1) is 17.2. The summed E-state index contributed by atoms with van der Waals surface area (Å²) in [6.07, 6.45) is 6.35. The number of alkyl carbamates (subject to hydrolysis) is 1. The lowest BCUT2D eigenvalue weighted by atomic mass is 9.79.